The molecule has 9 nitrogen and oxygen atoms in total. The highest BCUT2D eigenvalue weighted by atomic mass is 31.2. The van der Waals surface area contributed by atoms with Gasteiger partial charge in [-0.2, -0.15) is 0 Å². The molecule has 0 radical (unpaired) electrons. The number of hydrogen-bond acceptors (Lipinski definition) is 8. The second-order valence-electron chi connectivity index (χ2n) is 19.8. The zero-order valence-corrected chi connectivity index (χ0v) is 48.0. The molecule has 0 aromatic heterocycles. The Hall–Kier alpha value is -2.81. The summed E-state index contributed by atoms with van der Waals surface area (Å²) in [5.74, 6) is -0.845. The topological polar surface area (TPSA) is 134 Å². The van der Waals surface area contributed by atoms with Crippen molar-refractivity contribution in [1.82, 2.24) is 0 Å². The first-order valence-electron chi connectivity index (χ1n) is 30.1. The third-order valence-corrected chi connectivity index (χ3v) is 13.7. The lowest BCUT2D eigenvalue weighted by Crippen LogP contribution is -2.29. The van der Waals surface area contributed by atoms with E-state index in [1.807, 2.05) is 0 Å². The highest BCUT2D eigenvalue weighted by Gasteiger charge is 2.26. The average Bonchev–Trinajstić information content (AvgIpc) is 3.38. The number of allylic oxidation sites excluding steroid dienone is 14. The van der Waals surface area contributed by atoms with Gasteiger partial charge in [0.15, 0.2) is 6.10 Å². The fraction of sp³-hybridized carbons (Fsp3) is 0.746. The fourth-order valence-electron chi connectivity index (χ4n) is 8.34. The molecule has 0 rings (SSSR count). The summed E-state index contributed by atoms with van der Waals surface area (Å²) in [6.45, 7) is 3.61. The Labute approximate surface area is 449 Å². The molecule has 0 saturated heterocycles. The molecule has 422 valence electrons. The van der Waals surface area contributed by atoms with Crippen molar-refractivity contribution in [3.05, 3.63) is 85.1 Å². The molecule has 2 atom stereocenters. The van der Waals surface area contributed by atoms with Crippen LogP contribution in [0.1, 0.15) is 271 Å². The summed E-state index contributed by atoms with van der Waals surface area (Å²) in [5.41, 5.74) is 5.38. The molecule has 0 aliphatic carbocycles. The van der Waals surface area contributed by atoms with E-state index in [1.165, 1.54) is 148 Å². The Balaban J connectivity index is 3.94. The third-order valence-electron chi connectivity index (χ3n) is 12.8. The lowest BCUT2D eigenvalue weighted by atomic mass is 10.0. The molecule has 0 aromatic carbocycles. The standard InChI is InChI=1S/C63H112NO8P/c1-3-5-7-9-11-13-15-17-19-21-23-25-26-27-28-29-30-31-32-33-34-36-37-39-41-43-45-47-49-51-53-55-62(65)69-59-61(60-71-73(67,68)70-58-57-64)72-63(66)56-54-52-50-48-46-44-42-40-38-35-24-22-20-18-16-14-12-10-8-6-4-2/h6,8,12,14-15,17-18,20-21,23-24,35,40,42,61H,3-5,7,9-11,13,16,19,22,25-34,36-39,41,43-60,64H2,1-2H3,(H,67,68)/b8-6-,14-12-,17-15-,20-18-,23-21-,35-24-,42-40-. The quantitative estimate of drug-likeness (QED) is 0.0264. The number of esters is 2. The van der Waals surface area contributed by atoms with Crippen LogP contribution in [0.4, 0.5) is 0 Å². The van der Waals surface area contributed by atoms with E-state index in [-0.39, 0.29) is 38.6 Å². The van der Waals surface area contributed by atoms with E-state index in [1.54, 1.807) is 0 Å². The summed E-state index contributed by atoms with van der Waals surface area (Å²) in [4.78, 5) is 35.2. The SMILES string of the molecule is CC/C=C\C/C=C\C/C=C\C/C=C\C/C=C\CCCCCCCC(=O)OC(COC(=O)CCCCCCCCCCCCCCCCCCCCC/C=C\C/C=C\CCCCCCC)COP(=O)(O)OCCN. The Morgan fingerprint density at radius 3 is 1.12 bits per heavy atom. The van der Waals surface area contributed by atoms with Gasteiger partial charge in [-0.05, 0) is 89.9 Å². The summed E-state index contributed by atoms with van der Waals surface area (Å²) in [7, 11) is -4.40. The van der Waals surface area contributed by atoms with E-state index in [0.717, 1.165) is 89.9 Å². The van der Waals surface area contributed by atoms with Crippen LogP contribution in [-0.2, 0) is 32.7 Å². The van der Waals surface area contributed by atoms with E-state index in [2.05, 4.69) is 98.9 Å². The Kier molecular flexibility index (Phi) is 56.2. The summed E-state index contributed by atoms with van der Waals surface area (Å²) in [6.07, 6.45) is 76.5. The number of carbonyl (C=O) groups is 2. The van der Waals surface area contributed by atoms with E-state index in [4.69, 9.17) is 24.3 Å². The predicted octanol–water partition coefficient (Wildman–Crippen LogP) is 19.1. The minimum absolute atomic E-state index is 0.0469. The fourth-order valence-corrected chi connectivity index (χ4v) is 9.11. The third kappa shape index (κ3) is 58.3. The number of ether oxygens (including phenoxy) is 2. The minimum Gasteiger partial charge on any atom is -0.462 e. The number of unbranched alkanes of at least 4 members (excludes halogenated alkanes) is 29. The monoisotopic (exact) mass is 1040 g/mol. The van der Waals surface area contributed by atoms with Gasteiger partial charge in [0, 0.05) is 19.4 Å². The van der Waals surface area contributed by atoms with Crippen LogP contribution >= 0.6 is 7.82 Å². The van der Waals surface area contributed by atoms with Gasteiger partial charge in [0.25, 0.3) is 0 Å². The van der Waals surface area contributed by atoms with Crippen molar-refractivity contribution in [2.45, 2.75) is 277 Å². The van der Waals surface area contributed by atoms with Gasteiger partial charge in [0.2, 0.25) is 0 Å². The first-order valence-corrected chi connectivity index (χ1v) is 31.6. The number of phosphoric acid groups is 1. The highest BCUT2D eigenvalue weighted by Crippen LogP contribution is 2.43. The Bertz CT molecular complexity index is 1470. The van der Waals surface area contributed by atoms with Crippen molar-refractivity contribution in [3.63, 3.8) is 0 Å². The van der Waals surface area contributed by atoms with Crippen LogP contribution in [0, 0.1) is 0 Å². The van der Waals surface area contributed by atoms with Gasteiger partial charge in [-0.1, -0.05) is 253 Å². The molecular weight excluding hydrogens is 930 g/mol. The molecule has 0 saturated carbocycles. The molecule has 0 spiro atoms. The number of phosphoric ester groups is 1. The molecule has 0 heterocycles. The van der Waals surface area contributed by atoms with Crippen LogP contribution in [0.25, 0.3) is 0 Å². The molecular formula is C63H112NO8P. The maximum Gasteiger partial charge on any atom is 0.472 e. The summed E-state index contributed by atoms with van der Waals surface area (Å²) >= 11 is 0. The van der Waals surface area contributed by atoms with E-state index < -0.39 is 26.5 Å². The molecule has 3 N–H and O–H groups in total. The van der Waals surface area contributed by atoms with Crippen LogP contribution in [0.2, 0.25) is 0 Å². The second-order valence-corrected chi connectivity index (χ2v) is 21.3. The van der Waals surface area contributed by atoms with Crippen molar-refractivity contribution < 1.29 is 37.6 Å². The van der Waals surface area contributed by atoms with E-state index in [9.17, 15) is 19.0 Å². The molecule has 2 unspecified atom stereocenters. The average molecular weight is 1040 g/mol. The first-order chi connectivity index (χ1) is 35.8. The maximum absolute atomic E-state index is 12.7. The van der Waals surface area contributed by atoms with Crippen LogP contribution in [0.3, 0.4) is 0 Å². The summed E-state index contributed by atoms with van der Waals surface area (Å²) in [5, 5.41) is 0. The smallest absolute Gasteiger partial charge is 0.462 e. The van der Waals surface area contributed by atoms with Crippen molar-refractivity contribution in [1.29, 1.82) is 0 Å². The van der Waals surface area contributed by atoms with Gasteiger partial charge in [0.05, 0.1) is 13.2 Å². The van der Waals surface area contributed by atoms with Crippen molar-refractivity contribution >= 4 is 19.8 Å². The molecule has 0 bridgehead atoms. The van der Waals surface area contributed by atoms with E-state index >= 15 is 0 Å². The van der Waals surface area contributed by atoms with Gasteiger partial charge < -0.3 is 20.1 Å². The van der Waals surface area contributed by atoms with Crippen LogP contribution in [-0.4, -0.2) is 49.3 Å². The molecule has 0 aliphatic heterocycles. The minimum atomic E-state index is -4.40. The zero-order chi connectivity index (χ0) is 53.1. The zero-order valence-electron chi connectivity index (χ0n) is 47.1. The summed E-state index contributed by atoms with van der Waals surface area (Å²) < 4.78 is 33.0. The molecule has 0 amide bonds. The lowest BCUT2D eigenvalue weighted by Gasteiger charge is -2.19. The molecule has 73 heavy (non-hydrogen) atoms. The Morgan fingerprint density at radius 2 is 0.753 bits per heavy atom. The predicted molar refractivity (Wildman–Crippen MR) is 312 cm³/mol. The van der Waals surface area contributed by atoms with Crippen LogP contribution < -0.4 is 5.73 Å². The number of rotatable bonds is 56. The molecule has 0 fully saturated rings. The summed E-state index contributed by atoms with van der Waals surface area (Å²) in [6, 6.07) is 0. The largest absolute Gasteiger partial charge is 0.472 e. The van der Waals surface area contributed by atoms with Gasteiger partial charge >= 0.3 is 19.8 Å². The highest BCUT2D eigenvalue weighted by molar-refractivity contribution is 7.47. The normalized spacial score (nSPS) is 13.6. The van der Waals surface area contributed by atoms with Gasteiger partial charge in [-0.15, -0.1) is 0 Å². The van der Waals surface area contributed by atoms with Crippen molar-refractivity contribution in [2.75, 3.05) is 26.4 Å². The second kappa shape index (κ2) is 58.5. The van der Waals surface area contributed by atoms with Gasteiger partial charge in [-0.3, -0.25) is 18.6 Å². The van der Waals surface area contributed by atoms with E-state index in [0.29, 0.717) is 6.42 Å². The van der Waals surface area contributed by atoms with Gasteiger partial charge in [0.1, 0.15) is 6.61 Å². The van der Waals surface area contributed by atoms with Gasteiger partial charge in [-0.25, -0.2) is 4.57 Å². The number of carbonyl (C=O) groups excluding carboxylic acids is 2. The number of hydrogen-bond donors (Lipinski definition) is 2. The van der Waals surface area contributed by atoms with Crippen molar-refractivity contribution in [3.8, 4) is 0 Å². The number of nitrogens with two attached hydrogens (primary N) is 1. The van der Waals surface area contributed by atoms with Crippen LogP contribution in [0.15, 0.2) is 85.1 Å². The Morgan fingerprint density at radius 1 is 0.425 bits per heavy atom. The lowest BCUT2D eigenvalue weighted by molar-refractivity contribution is -0.161. The molecule has 0 aromatic rings. The first kappa shape index (κ1) is 70.2. The van der Waals surface area contributed by atoms with Crippen molar-refractivity contribution in [2.24, 2.45) is 5.73 Å². The molecule has 10 heteroatoms. The molecule has 0 aliphatic rings. The maximum atomic E-state index is 12.7. The van der Waals surface area contributed by atoms with Crippen LogP contribution in [0.5, 0.6) is 0 Å².